The second-order valence-corrected chi connectivity index (χ2v) is 7.23. The zero-order valence-corrected chi connectivity index (χ0v) is 16.7. The predicted molar refractivity (Wildman–Crippen MR) is 111 cm³/mol. The molecule has 1 aromatic heterocycles. The largest absolute Gasteiger partial charge is 0.454 e. The molecule has 0 amide bonds. The summed E-state index contributed by atoms with van der Waals surface area (Å²) in [5.74, 6) is 1.47. The van der Waals surface area contributed by atoms with Gasteiger partial charge in [0, 0.05) is 23.1 Å². The molecule has 8 heteroatoms. The predicted octanol–water partition coefficient (Wildman–Crippen LogP) is 4.03. The molecule has 144 valence electrons. The molecule has 1 aliphatic rings. The van der Waals surface area contributed by atoms with E-state index in [0.717, 1.165) is 33.1 Å². The van der Waals surface area contributed by atoms with Crippen LogP contribution in [0.1, 0.15) is 5.56 Å². The normalized spacial score (nSPS) is 13.6. The molecule has 0 aliphatic carbocycles. The van der Waals surface area contributed by atoms with Crippen LogP contribution in [0.25, 0.3) is 11.3 Å². The first-order valence-electron chi connectivity index (χ1n) is 8.64. The van der Waals surface area contributed by atoms with Gasteiger partial charge < -0.3 is 14.2 Å². The van der Waals surface area contributed by atoms with Crippen LogP contribution in [0.4, 0.5) is 0 Å². The molecule has 0 radical (unpaired) electrons. The van der Waals surface area contributed by atoms with Crippen LogP contribution in [0.5, 0.6) is 11.5 Å². The summed E-state index contributed by atoms with van der Waals surface area (Å²) in [4.78, 5) is 5.39. The maximum absolute atomic E-state index is 6.03. The van der Waals surface area contributed by atoms with Gasteiger partial charge in [0.25, 0.3) is 0 Å². The summed E-state index contributed by atoms with van der Waals surface area (Å²) in [6.07, 6.45) is 1.78. The molecule has 0 unspecified atom stereocenters. The Morgan fingerprint density at radius 2 is 2.00 bits per heavy atom. The zero-order chi connectivity index (χ0) is 19.3. The molecule has 0 spiro atoms. The van der Waals surface area contributed by atoms with Gasteiger partial charge in [0.05, 0.1) is 25.1 Å². The van der Waals surface area contributed by atoms with Gasteiger partial charge in [-0.3, -0.25) is 4.99 Å². The van der Waals surface area contributed by atoms with Crippen LogP contribution in [-0.4, -0.2) is 37.9 Å². The standard InChI is InChI=1S/C20H18ClN3O3S/c1-25-9-8-22-20-24(17(12-28-20)15-3-5-16(21)6-4-15)23-11-14-2-7-18-19(10-14)27-13-26-18/h2-7,10-12H,8-9,13H2,1H3/b22-20?,23-11-. The lowest BCUT2D eigenvalue weighted by molar-refractivity contribution is 0.174. The van der Waals surface area contributed by atoms with E-state index in [1.165, 1.54) is 11.3 Å². The number of hydrogen-bond donors (Lipinski definition) is 0. The Bertz CT molecular complexity index is 1060. The third kappa shape index (κ3) is 4.11. The third-order valence-corrected chi connectivity index (χ3v) is 5.19. The molecular formula is C20H18ClN3O3S. The van der Waals surface area contributed by atoms with Crippen LogP contribution in [0, 0.1) is 0 Å². The number of methoxy groups -OCH3 is 1. The highest BCUT2D eigenvalue weighted by Gasteiger charge is 2.13. The fourth-order valence-corrected chi connectivity index (χ4v) is 3.68. The number of ether oxygens (including phenoxy) is 3. The minimum atomic E-state index is 0.248. The fourth-order valence-electron chi connectivity index (χ4n) is 2.69. The average molecular weight is 416 g/mol. The molecule has 28 heavy (non-hydrogen) atoms. The molecule has 2 heterocycles. The highest BCUT2D eigenvalue weighted by molar-refractivity contribution is 7.07. The number of hydrogen-bond acceptors (Lipinski definition) is 6. The van der Waals surface area contributed by atoms with Gasteiger partial charge in [0.2, 0.25) is 11.6 Å². The minimum Gasteiger partial charge on any atom is -0.454 e. The lowest BCUT2D eigenvalue weighted by Gasteiger charge is -2.04. The van der Waals surface area contributed by atoms with Crippen LogP contribution in [0.2, 0.25) is 5.02 Å². The molecule has 0 atom stereocenters. The highest BCUT2D eigenvalue weighted by atomic mass is 35.5. The molecule has 0 saturated heterocycles. The molecule has 0 fully saturated rings. The van der Waals surface area contributed by atoms with Crippen LogP contribution in [0.15, 0.2) is 57.9 Å². The Morgan fingerprint density at radius 1 is 1.18 bits per heavy atom. The molecule has 3 aromatic rings. The number of benzene rings is 2. The summed E-state index contributed by atoms with van der Waals surface area (Å²) >= 11 is 7.56. The third-order valence-electron chi connectivity index (χ3n) is 4.09. The molecule has 4 rings (SSSR count). The summed E-state index contributed by atoms with van der Waals surface area (Å²) in [5.41, 5.74) is 2.86. The second-order valence-electron chi connectivity index (χ2n) is 5.95. The molecule has 2 aromatic carbocycles. The van der Waals surface area contributed by atoms with E-state index in [9.17, 15) is 0 Å². The lowest BCUT2D eigenvalue weighted by Crippen LogP contribution is -2.13. The Morgan fingerprint density at radius 3 is 2.82 bits per heavy atom. The van der Waals surface area contributed by atoms with Gasteiger partial charge >= 0.3 is 0 Å². The van der Waals surface area contributed by atoms with E-state index < -0.39 is 0 Å². The maximum Gasteiger partial charge on any atom is 0.231 e. The van der Waals surface area contributed by atoms with Crippen molar-refractivity contribution in [2.24, 2.45) is 10.1 Å². The van der Waals surface area contributed by atoms with Crippen molar-refractivity contribution in [1.29, 1.82) is 0 Å². The van der Waals surface area contributed by atoms with Crippen molar-refractivity contribution in [2.45, 2.75) is 0 Å². The monoisotopic (exact) mass is 415 g/mol. The summed E-state index contributed by atoms with van der Waals surface area (Å²) < 4.78 is 17.7. The number of nitrogens with zero attached hydrogens (tertiary/aromatic N) is 3. The van der Waals surface area contributed by atoms with Gasteiger partial charge in [-0.15, -0.1) is 11.3 Å². The molecule has 6 nitrogen and oxygen atoms in total. The number of rotatable bonds is 6. The van der Waals surface area contributed by atoms with Crippen molar-refractivity contribution in [3.63, 3.8) is 0 Å². The van der Waals surface area contributed by atoms with Gasteiger partial charge in [-0.05, 0) is 35.9 Å². The first-order valence-corrected chi connectivity index (χ1v) is 9.90. The SMILES string of the molecule is COCCN=c1scc(-c2ccc(Cl)cc2)n1/N=C\c1ccc2c(c1)OCO2. The Balaban J connectivity index is 1.71. The van der Waals surface area contributed by atoms with Gasteiger partial charge in [-0.25, -0.2) is 4.68 Å². The van der Waals surface area contributed by atoms with E-state index in [0.29, 0.717) is 18.2 Å². The van der Waals surface area contributed by atoms with E-state index in [4.69, 9.17) is 25.8 Å². The van der Waals surface area contributed by atoms with Crippen molar-refractivity contribution < 1.29 is 14.2 Å². The fraction of sp³-hybridized carbons (Fsp3) is 0.200. The first-order chi connectivity index (χ1) is 13.7. The van der Waals surface area contributed by atoms with E-state index in [1.807, 2.05) is 52.5 Å². The van der Waals surface area contributed by atoms with E-state index in [2.05, 4.69) is 10.1 Å². The second kappa shape index (κ2) is 8.60. The van der Waals surface area contributed by atoms with E-state index in [-0.39, 0.29) is 6.79 Å². The van der Waals surface area contributed by atoms with E-state index >= 15 is 0 Å². The average Bonchev–Trinajstić information content (AvgIpc) is 3.33. The van der Waals surface area contributed by atoms with Crippen molar-refractivity contribution in [3.8, 4) is 22.8 Å². The summed E-state index contributed by atoms with van der Waals surface area (Å²) in [7, 11) is 1.66. The van der Waals surface area contributed by atoms with Crippen molar-refractivity contribution >= 4 is 29.2 Å². The van der Waals surface area contributed by atoms with Gasteiger partial charge in [-0.1, -0.05) is 23.7 Å². The Hall–Kier alpha value is -2.61. The van der Waals surface area contributed by atoms with Crippen LogP contribution in [-0.2, 0) is 4.74 Å². The number of aromatic nitrogens is 1. The zero-order valence-electron chi connectivity index (χ0n) is 15.2. The molecule has 0 N–H and O–H groups in total. The number of thiazole rings is 1. The van der Waals surface area contributed by atoms with Crippen LogP contribution >= 0.6 is 22.9 Å². The molecule has 1 aliphatic heterocycles. The Labute approximate surface area is 171 Å². The summed E-state index contributed by atoms with van der Waals surface area (Å²) in [5, 5.41) is 7.41. The molecule has 0 bridgehead atoms. The highest BCUT2D eigenvalue weighted by Crippen LogP contribution is 2.32. The van der Waals surface area contributed by atoms with Crippen LogP contribution < -0.4 is 14.3 Å². The molecule has 0 saturated carbocycles. The van der Waals surface area contributed by atoms with Crippen molar-refractivity contribution in [3.05, 3.63) is 63.2 Å². The summed E-state index contributed by atoms with van der Waals surface area (Å²) in [6, 6.07) is 13.4. The maximum atomic E-state index is 6.03. The minimum absolute atomic E-state index is 0.248. The smallest absolute Gasteiger partial charge is 0.231 e. The lowest BCUT2D eigenvalue weighted by atomic mass is 10.2. The quantitative estimate of drug-likeness (QED) is 0.451. The van der Waals surface area contributed by atoms with Gasteiger partial charge in [-0.2, -0.15) is 5.10 Å². The van der Waals surface area contributed by atoms with Crippen molar-refractivity contribution in [2.75, 3.05) is 27.1 Å². The van der Waals surface area contributed by atoms with Gasteiger partial charge in [0.15, 0.2) is 11.5 Å². The first kappa shape index (κ1) is 18.7. The van der Waals surface area contributed by atoms with E-state index in [1.54, 1.807) is 13.3 Å². The Kier molecular flexibility index (Phi) is 5.76. The topological polar surface area (TPSA) is 57.3 Å². The van der Waals surface area contributed by atoms with Crippen molar-refractivity contribution in [1.82, 2.24) is 4.68 Å². The van der Waals surface area contributed by atoms with Crippen LogP contribution in [0.3, 0.4) is 0 Å². The molecular weight excluding hydrogens is 398 g/mol. The summed E-state index contributed by atoms with van der Waals surface area (Å²) in [6.45, 7) is 1.37. The number of halogens is 1. The number of fused-ring (bicyclic) bond motifs is 1. The van der Waals surface area contributed by atoms with Gasteiger partial charge in [0.1, 0.15) is 0 Å².